The summed E-state index contributed by atoms with van der Waals surface area (Å²) in [6, 6.07) is 3.86. The molecule has 0 saturated carbocycles. The van der Waals surface area contributed by atoms with Crippen LogP contribution < -0.4 is 16.2 Å². The molecule has 1 aromatic carbocycles. The van der Waals surface area contributed by atoms with Gasteiger partial charge >= 0.3 is 0 Å². The molecule has 0 spiro atoms. The molecule has 0 aliphatic rings. The summed E-state index contributed by atoms with van der Waals surface area (Å²) >= 11 is 0. The highest BCUT2D eigenvalue weighted by Gasteiger charge is 2.18. The molecule has 1 unspecified atom stereocenters. The van der Waals surface area contributed by atoms with E-state index in [1.165, 1.54) is 6.07 Å². The van der Waals surface area contributed by atoms with Crippen molar-refractivity contribution in [3.63, 3.8) is 0 Å². The van der Waals surface area contributed by atoms with E-state index in [9.17, 15) is 13.2 Å². The molecule has 0 aliphatic carbocycles. The van der Waals surface area contributed by atoms with Crippen molar-refractivity contribution in [3.8, 4) is 0 Å². The second-order valence-corrected chi connectivity index (χ2v) is 6.31. The van der Waals surface area contributed by atoms with Crippen LogP contribution in [-0.2, 0) is 14.8 Å². The van der Waals surface area contributed by atoms with Gasteiger partial charge in [-0.15, -0.1) is 0 Å². The standard InChI is InChI=1S/C12H19N3O3S/c1-7(2)11(13)12(16)15-9-5-4-8(3)10(6-9)19(14,17)18/h4-7,11H,13H2,1-3H3,(H,15,16)(H2,14,17,18). The molecule has 0 fully saturated rings. The quantitative estimate of drug-likeness (QED) is 0.749. The molecule has 0 bridgehead atoms. The van der Waals surface area contributed by atoms with Gasteiger partial charge in [-0.2, -0.15) is 0 Å². The van der Waals surface area contributed by atoms with Crippen molar-refractivity contribution in [3.05, 3.63) is 23.8 Å². The lowest BCUT2D eigenvalue weighted by Gasteiger charge is -2.16. The second-order valence-electron chi connectivity index (χ2n) is 4.78. The topological polar surface area (TPSA) is 115 Å². The second kappa shape index (κ2) is 5.68. The van der Waals surface area contributed by atoms with Crippen molar-refractivity contribution in [1.82, 2.24) is 0 Å². The first kappa shape index (κ1) is 15.6. The number of amides is 1. The number of hydrogen-bond donors (Lipinski definition) is 3. The number of hydrogen-bond acceptors (Lipinski definition) is 4. The fourth-order valence-corrected chi connectivity index (χ4v) is 2.32. The number of carbonyl (C=O) groups is 1. The fourth-order valence-electron chi connectivity index (χ4n) is 1.51. The first-order chi connectivity index (χ1) is 8.62. The van der Waals surface area contributed by atoms with Crippen LogP contribution in [0.5, 0.6) is 0 Å². The Morgan fingerprint density at radius 1 is 1.32 bits per heavy atom. The number of anilines is 1. The number of aryl methyl sites for hydroxylation is 1. The van der Waals surface area contributed by atoms with E-state index in [-0.39, 0.29) is 16.7 Å². The number of carbonyl (C=O) groups excluding carboxylic acids is 1. The lowest BCUT2D eigenvalue weighted by molar-refractivity contribution is -0.118. The third-order valence-electron chi connectivity index (χ3n) is 2.78. The summed E-state index contributed by atoms with van der Waals surface area (Å²) in [5.74, 6) is -0.373. The van der Waals surface area contributed by atoms with E-state index >= 15 is 0 Å². The Morgan fingerprint density at radius 2 is 1.89 bits per heavy atom. The maximum absolute atomic E-state index is 11.8. The molecule has 1 amide bonds. The minimum atomic E-state index is -3.81. The van der Waals surface area contributed by atoms with E-state index in [1.54, 1.807) is 19.1 Å². The Morgan fingerprint density at radius 3 is 2.37 bits per heavy atom. The zero-order valence-electron chi connectivity index (χ0n) is 11.2. The lowest BCUT2D eigenvalue weighted by Crippen LogP contribution is -2.39. The van der Waals surface area contributed by atoms with Crippen molar-refractivity contribution in [2.45, 2.75) is 31.7 Å². The van der Waals surface area contributed by atoms with Crippen LogP contribution in [0.4, 0.5) is 5.69 Å². The highest BCUT2D eigenvalue weighted by atomic mass is 32.2. The largest absolute Gasteiger partial charge is 0.325 e. The average molecular weight is 285 g/mol. The molecule has 0 radical (unpaired) electrons. The van der Waals surface area contributed by atoms with Crippen molar-refractivity contribution in [2.24, 2.45) is 16.8 Å². The third-order valence-corrected chi connectivity index (χ3v) is 3.84. The number of sulfonamides is 1. The van der Waals surface area contributed by atoms with E-state index in [1.807, 2.05) is 13.8 Å². The molecule has 5 N–H and O–H groups in total. The number of rotatable bonds is 4. The summed E-state index contributed by atoms with van der Waals surface area (Å²) < 4.78 is 22.7. The van der Waals surface area contributed by atoms with Crippen LogP contribution in [0.15, 0.2) is 23.1 Å². The van der Waals surface area contributed by atoms with Crippen LogP contribution >= 0.6 is 0 Å². The van der Waals surface area contributed by atoms with Crippen LogP contribution in [0.2, 0.25) is 0 Å². The molecular formula is C12H19N3O3S. The van der Waals surface area contributed by atoms with Gasteiger partial charge in [-0.1, -0.05) is 19.9 Å². The number of benzene rings is 1. The van der Waals surface area contributed by atoms with E-state index in [0.717, 1.165) is 0 Å². The zero-order chi connectivity index (χ0) is 14.8. The van der Waals surface area contributed by atoms with E-state index in [2.05, 4.69) is 5.32 Å². The van der Waals surface area contributed by atoms with E-state index in [0.29, 0.717) is 11.3 Å². The van der Waals surface area contributed by atoms with Gasteiger partial charge in [-0.05, 0) is 30.5 Å². The highest BCUT2D eigenvalue weighted by molar-refractivity contribution is 7.89. The molecule has 0 heterocycles. The van der Waals surface area contributed by atoms with Gasteiger partial charge < -0.3 is 11.1 Å². The average Bonchev–Trinajstić information content (AvgIpc) is 2.28. The first-order valence-electron chi connectivity index (χ1n) is 5.83. The fraction of sp³-hybridized carbons (Fsp3) is 0.417. The van der Waals surface area contributed by atoms with Crippen LogP contribution in [0.1, 0.15) is 19.4 Å². The molecular weight excluding hydrogens is 266 g/mol. The molecule has 1 aromatic rings. The monoisotopic (exact) mass is 285 g/mol. The summed E-state index contributed by atoms with van der Waals surface area (Å²) in [4.78, 5) is 11.8. The van der Waals surface area contributed by atoms with Gasteiger partial charge in [-0.3, -0.25) is 4.79 Å². The summed E-state index contributed by atoms with van der Waals surface area (Å²) in [6.07, 6.45) is 0. The van der Waals surface area contributed by atoms with Crippen molar-refractivity contribution in [1.29, 1.82) is 0 Å². The number of primary sulfonamides is 1. The van der Waals surface area contributed by atoms with Gasteiger partial charge in [0.15, 0.2) is 0 Å². The number of nitrogens with one attached hydrogen (secondary N) is 1. The van der Waals surface area contributed by atoms with E-state index in [4.69, 9.17) is 10.9 Å². The minimum Gasteiger partial charge on any atom is -0.325 e. The van der Waals surface area contributed by atoms with E-state index < -0.39 is 16.1 Å². The van der Waals surface area contributed by atoms with Crippen LogP contribution in [0.3, 0.4) is 0 Å². The Balaban J connectivity index is 3.02. The van der Waals surface area contributed by atoms with Gasteiger partial charge in [0.1, 0.15) is 0 Å². The SMILES string of the molecule is Cc1ccc(NC(=O)C(N)C(C)C)cc1S(N)(=O)=O. The minimum absolute atomic E-state index is 0.0107. The molecule has 6 nitrogen and oxygen atoms in total. The Bertz CT molecular complexity index is 582. The summed E-state index contributed by atoms with van der Waals surface area (Å²) in [5.41, 5.74) is 6.59. The predicted octanol–water partition coefficient (Wildman–Crippen LogP) is 0.564. The Labute approximate surface area is 113 Å². The Kier molecular flexibility index (Phi) is 4.67. The normalized spacial score (nSPS) is 13.4. The van der Waals surface area contributed by atoms with Crippen molar-refractivity contribution in [2.75, 3.05) is 5.32 Å². The molecule has 7 heteroatoms. The molecule has 0 saturated heterocycles. The molecule has 106 valence electrons. The lowest BCUT2D eigenvalue weighted by atomic mass is 10.0. The third kappa shape index (κ3) is 4.02. The Hall–Kier alpha value is -1.44. The van der Waals surface area contributed by atoms with Crippen molar-refractivity contribution >= 4 is 21.6 Å². The zero-order valence-corrected chi connectivity index (χ0v) is 12.0. The van der Waals surface area contributed by atoms with Gasteiger partial charge in [0.2, 0.25) is 15.9 Å². The molecule has 1 rings (SSSR count). The summed E-state index contributed by atoms with van der Waals surface area (Å²) in [5, 5.41) is 7.68. The highest BCUT2D eigenvalue weighted by Crippen LogP contribution is 2.19. The van der Waals surface area contributed by atoms with Gasteiger partial charge in [0.05, 0.1) is 10.9 Å². The van der Waals surface area contributed by atoms with Gasteiger partial charge in [-0.25, -0.2) is 13.6 Å². The van der Waals surface area contributed by atoms with Gasteiger partial charge in [0, 0.05) is 5.69 Å². The predicted molar refractivity (Wildman–Crippen MR) is 74.0 cm³/mol. The summed E-state index contributed by atoms with van der Waals surface area (Å²) in [7, 11) is -3.81. The maximum atomic E-state index is 11.8. The first-order valence-corrected chi connectivity index (χ1v) is 7.37. The van der Waals surface area contributed by atoms with Gasteiger partial charge in [0.25, 0.3) is 0 Å². The molecule has 0 aromatic heterocycles. The molecule has 0 aliphatic heterocycles. The number of nitrogens with two attached hydrogens (primary N) is 2. The molecule has 19 heavy (non-hydrogen) atoms. The summed E-state index contributed by atoms with van der Waals surface area (Å²) in [6.45, 7) is 5.29. The molecule has 1 atom stereocenters. The van der Waals surface area contributed by atoms with Crippen molar-refractivity contribution < 1.29 is 13.2 Å². The smallest absolute Gasteiger partial charge is 0.241 e. The van der Waals surface area contributed by atoms with Crippen LogP contribution in [0.25, 0.3) is 0 Å². The van der Waals surface area contributed by atoms with Crippen LogP contribution in [0, 0.1) is 12.8 Å². The van der Waals surface area contributed by atoms with Crippen LogP contribution in [-0.4, -0.2) is 20.4 Å². The maximum Gasteiger partial charge on any atom is 0.241 e.